The van der Waals surface area contributed by atoms with Gasteiger partial charge in [0, 0.05) is 4.47 Å². The second kappa shape index (κ2) is 6.05. The van der Waals surface area contributed by atoms with Gasteiger partial charge in [0.15, 0.2) is 11.6 Å². The van der Waals surface area contributed by atoms with Crippen molar-refractivity contribution in [1.82, 2.24) is 9.97 Å². The molecule has 0 aliphatic heterocycles. The maximum Gasteiger partial charge on any atom is 0.205 e. The Hall–Kier alpha value is -1.57. The molecular weight excluding hydrogens is 334 g/mol. The van der Waals surface area contributed by atoms with Crippen molar-refractivity contribution in [2.75, 3.05) is 17.9 Å². The van der Waals surface area contributed by atoms with Crippen molar-refractivity contribution < 1.29 is 4.74 Å². The van der Waals surface area contributed by atoms with Crippen LogP contribution in [0.15, 0.2) is 29.0 Å². The lowest BCUT2D eigenvalue weighted by Crippen LogP contribution is -2.11. The van der Waals surface area contributed by atoms with Gasteiger partial charge in [0.25, 0.3) is 0 Å². The molecule has 0 atom stereocenters. The summed E-state index contributed by atoms with van der Waals surface area (Å²) in [5, 5.41) is 3.62. The van der Waals surface area contributed by atoms with E-state index >= 15 is 0 Å². The van der Waals surface area contributed by atoms with Gasteiger partial charge >= 0.3 is 0 Å². The molecule has 0 fully saturated rings. The quantitative estimate of drug-likeness (QED) is 0.584. The Bertz CT molecular complexity index is 595. The first-order valence-corrected chi connectivity index (χ1v) is 6.40. The van der Waals surface area contributed by atoms with Gasteiger partial charge in [-0.2, -0.15) is 0 Å². The van der Waals surface area contributed by atoms with E-state index in [1.807, 2.05) is 12.1 Å². The monoisotopic (exact) mass is 343 g/mol. The second-order valence-electron chi connectivity index (χ2n) is 3.50. The minimum Gasteiger partial charge on any atom is -0.490 e. The Balaban J connectivity index is 2.37. The molecule has 4 N–H and O–H groups in total. The number of hydrazine groups is 1. The van der Waals surface area contributed by atoms with E-state index in [4.69, 9.17) is 22.2 Å². The number of aromatic nitrogens is 2. The van der Waals surface area contributed by atoms with Gasteiger partial charge in [0.2, 0.25) is 5.75 Å². The van der Waals surface area contributed by atoms with Gasteiger partial charge in [-0.05, 0) is 18.2 Å². The Labute approximate surface area is 123 Å². The number of benzene rings is 1. The fraction of sp³-hybridized carbons (Fsp3) is 0.0909. The Morgan fingerprint density at radius 2 is 2.05 bits per heavy atom. The number of nitrogen functional groups attached to an aromatic ring is 1. The first kappa shape index (κ1) is 13.9. The fourth-order valence-electron chi connectivity index (χ4n) is 1.48. The molecule has 1 aromatic carbocycles. The van der Waals surface area contributed by atoms with Crippen LogP contribution < -0.4 is 21.3 Å². The van der Waals surface area contributed by atoms with Crippen LogP contribution in [0.4, 0.5) is 17.3 Å². The Morgan fingerprint density at radius 1 is 1.32 bits per heavy atom. The normalized spacial score (nSPS) is 10.1. The summed E-state index contributed by atoms with van der Waals surface area (Å²) in [6, 6.07) is 5.47. The van der Waals surface area contributed by atoms with Crippen LogP contribution in [-0.2, 0) is 0 Å². The molecule has 0 radical (unpaired) electrons. The number of hydrogen-bond acceptors (Lipinski definition) is 6. The predicted octanol–water partition coefficient (Wildman–Crippen LogP) is 2.93. The van der Waals surface area contributed by atoms with Gasteiger partial charge in [0.1, 0.15) is 6.33 Å². The van der Waals surface area contributed by atoms with Crippen molar-refractivity contribution in [2.45, 2.75) is 0 Å². The Kier molecular flexibility index (Phi) is 4.41. The average Bonchev–Trinajstić information content (AvgIpc) is 2.41. The highest BCUT2D eigenvalue weighted by Crippen LogP contribution is 2.33. The summed E-state index contributed by atoms with van der Waals surface area (Å²) in [5.74, 6) is 6.61. The number of rotatable bonds is 4. The second-order valence-corrected chi connectivity index (χ2v) is 4.82. The van der Waals surface area contributed by atoms with Crippen molar-refractivity contribution in [2.24, 2.45) is 5.84 Å². The first-order chi connectivity index (χ1) is 9.15. The van der Waals surface area contributed by atoms with E-state index in [0.717, 1.165) is 4.47 Å². The number of nitrogens with zero attached hydrogens (tertiary/aromatic N) is 2. The van der Waals surface area contributed by atoms with Crippen molar-refractivity contribution >= 4 is 44.9 Å². The fourth-order valence-corrected chi connectivity index (χ4v) is 2.20. The van der Waals surface area contributed by atoms with E-state index in [1.54, 1.807) is 6.07 Å². The third-order valence-electron chi connectivity index (χ3n) is 2.33. The molecule has 0 saturated heterocycles. The zero-order valence-corrected chi connectivity index (χ0v) is 12.3. The molecule has 0 saturated carbocycles. The van der Waals surface area contributed by atoms with Gasteiger partial charge < -0.3 is 15.5 Å². The van der Waals surface area contributed by atoms with Crippen LogP contribution in [0.25, 0.3) is 0 Å². The molecule has 0 aliphatic rings. The zero-order valence-electron chi connectivity index (χ0n) is 9.95. The average molecular weight is 345 g/mol. The first-order valence-electron chi connectivity index (χ1n) is 5.23. The minimum atomic E-state index is 0.383. The third-order valence-corrected chi connectivity index (χ3v) is 3.13. The maximum atomic E-state index is 6.13. The summed E-state index contributed by atoms with van der Waals surface area (Å²) in [6.45, 7) is 0. The number of methoxy groups -OCH3 is 1. The van der Waals surface area contributed by atoms with E-state index in [-0.39, 0.29) is 0 Å². The number of nitrogens with two attached hydrogens (primary N) is 1. The number of anilines is 3. The van der Waals surface area contributed by atoms with Gasteiger partial charge in [-0.25, -0.2) is 15.8 Å². The van der Waals surface area contributed by atoms with E-state index in [9.17, 15) is 0 Å². The third kappa shape index (κ3) is 3.06. The molecule has 0 amide bonds. The maximum absolute atomic E-state index is 6.13. The topological polar surface area (TPSA) is 85.1 Å². The summed E-state index contributed by atoms with van der Waals surface area (Å²) in [4.78, 5) is 8.06. The van der Waals surface area contributed by atoms with Gasteiger partial charge in [-0.1, -0.05) is 27.5 Å². The summed E-state index contributed by atoms with van der Waals surface area (Å²) < 4.78 is 6.11. The molecule has 8 heteroatoms. The van der Waals surface area contributed by atoms with Crippen LogP contribution in [0, 0.1) is 0 Å². The largest absolute Gasteiger partial charge is 0.490 e. The van der Waals surface area contributed by atoms with E-state index in [1.165, 1.54) is 13.4 Å². The van der Waals surface area contributed by atoms with Gasteiger partial charge in [-0.3, -0.25) is 0 Å². The SMILES string of the molecule is COc1c(NN)ncnc1Nc1ccc(Br)cc1Cl. The molecule has 2 aromatic rings. The molecule has 2 rings (SSSR count). The number of nitrogens with one attached hydrogen (secondary N) is 2. The van der Waals surface area contributed by atoms with Gasteiger partial charge in [-0.15, -0.1) is 0 Å². The molecule has 0 spiro atoms. The van der Waals surface area contributed by atoms with Crippen LogP contribution in [0.1, 0.15) is 0 Å². The highest BCUT2D eigenvalue weighted by Gasteiger charge is 2.12. The lowest BCUT2D eigenvalue weighted by atomic mass is 10.3. The van der Waals surface area contributed by atoms with Crippen molar-refractivity contribution in [3.05, 3.63) is 34.0 Å². The van der Waals surface area contributed by atoms with Crippen LogP contribution in [0.3, 0.4) is 0 Å². The summed E-state index contributed by atoms with van der Waals surface area (Å²) in [7, 11) is 1.51. The molecule has 0 unspecified atom stereocenters. The molecule has 19 heavy (non-hydrogen) atoms. The standard InChI is InChI=1S/C11H11BrClN5O/c1-19-9-10(15-5-16-11(9)18-14)17-8-3-2-6(12)4-7(8)13/h2-5H,14H2,1H3,(H2,15,16,17,18). The predicted molar refractivity (Wildman–Crippen MR) is 78.8 cm³/mol. The summed E-state index contributed by atoms with van der Waals surface area (Å²) in [5.41, 5.74) is 3.14. The highest BCUT2D eigenvalue weighted by atomic mass is 79.9. The molecular formula is C11H11BrClN5O. The van der Waals surface area contributed by atoms with Crippen LogP contribution in [0.2, 0.25) is 5.02 Å². The van der Waals surface area contributed by atoms with E-state index < -0.39 is 0 Å². The smallest absolute Gasteiger partial charge is 0.205 e. The van der Waals surface area contributed by atoms with Crippen molar-refractivity contribution in [3.8, 4) is 5.75 Å². The highest BCUT2D eigenvalue weighted by molar-refractivity contribution is 9.10. The van der Waals surface area contributed by atoms with Crippen molar-refractivity contribution in [1.29, 1.82) is 0 Å². The van der Waals surface area contributed by atoms with Crippen LogP contribution >= 0.6 is 27.5 Å². The zero-order chi connectivity index (χ0) is 13.8. The van der Waals surface area contributed by atoms with Crippen LogP contribution in [-0.4, -0.2) is 17.1 Å². The van der Waals surface area contributed by atoms with E-state index in [2.05, 4.69) is 36.6 Å². The number of ether oxygens (including phenoxy) is 1. The molecule has 100 valence electrons. The number of hydrogen-bond donors (Lipinski definition) is 3. The Morgan fingerprint density at radius 3 is 2.68 bits per heavy atom. The molecule has 1 heterocycles. The van der Waals surface area contributed by atoms with Gasteiger partial charge in [0.05, 0.1) is 17.8 Å². The van der Waals surface area contributed by atoms with E-state index in [0.29, 0.717) is 28.1 Å². The minimum absolute atomic E-state index is 0.383. The van der Waals surface area contributed by atoms with Crippen molar-refractivity contribution in [3.63, 3.8) is 0 Å². The molecule has 0 aliphatic carbocycles. The molecule has 0 bridgehead atoms. The lowest BCUT2D eigenvalue weighted by molar-refractivity contribution is 0.415. The molecule has 6 nitrogen and oxygen atoms in total. The summed E-state index contributed by atoms with van der Waals surface area (Å²) >= 11 is 9.48. The lowest BCUT2D eigenvalue weighted by Gasteiger charge is -2.13. The molecule has 1 aromatic heterocycles. The summed E-state index contributed by atoms with van der Waals surface area (Å²) in [6.07, 6.45) is 1.37. The van der Waals surface area contributed by atoms with Crippen LogP contribution in [0.5, 0.6) is 5.75 Å². The number of halogens is 2.